The van der Waals surface area contributed by atoms with Crippen LogP contribution in [0.25, 0.3) is 0 Å². The van der Waals surface area contributed by atoms with Crippen LogP contribution in [0.15, 0.2) is 0 Å². The summed E-state index contributed by atoms with van der Waals surface area (Å²) in [5.74, 6) is 4.60. The van der Waals surface area contributed by atoms with Crippen LogP contribution in [0.5, 0.6) is 0 Å². The summed E-state index contributed by atoms with van der Waals surface area (Å²) in [5, 5.41) is 2.75. The van der Waals surface area contributed by atoms with Crippen LogP contribution in [0, 0.1) is 0 Å². The molecule has 0 rings (SSSR count). The van der Waals surface area contributed by atoms with Crippen molar-refractivity contribution in [3.05, 3.63) is 0 Å². The molecule has 0 amide bonds. The molecule has 0 aromatic heterocycles. The Morgan fingerprint density at radius 1 is 1.14 bits per heavy atom. The number of hydrogen-bond donors (Lipinski definition) is 3. The van der Waals surface area contributed by atoms with E-state index in [4.69, 9.17) is 0 Å². The number of nitrogens with one attached hydrogen (secondary N) is 2. The molecule has 0 unspecified atom stereocenters. The minimum atomic E-state index is 0. The van der Waals surface area contributed by atoms with Crippen LogP contribution >= 0.6 is 12.4 Å². The second-order valence-electron chi connectivity index (χ2n) is 0.789. The Kier molecular flexibility index (Phi) is 78.5. The predicted octanol–water partition coefficient (Wildman–Crippen LogP) is -0.663. The monoisotopic (exact) mass is 127 g/mol. The van der Waals surface area contributed by atoms with E-state index in [9.17, 15) is 0 Å². The van der Waals surface area contributed by atoms with Crippen molar-refractivity contribution in [2.75, 3.05) is 21.1 Å². The summed E-state index contributed by atoms with van der Waals surface area (Å²) in [6.45, 7) is 0. The zero-order chi connectivity index (χ0) is 5.41. The molecular formula is C3H14ClN3. The summed E-state index contributed by atoms with van der Waals surface area (Å²) in [6, 6.07) is 0. The smallest absolute Gasteiger partial charge is 0.00172 e. The van der Waals surface area contributed by atoms with Gasteiger partial charge in [-0.3, -0.25) is 11.3 Å². The third kappa shape index (κ3) is 3710. The van der Waals surface area contributed by atoms with Gasteiger partial charge in [0.05, 0.1) is 0 Å². The van der Waals surface area contributed by atoms with E-state index in [1.165, 1.54) is 0 Å². The summed E-state index contributed by atoms with van der Waals surface area (Å²) >= 11 is 0. The van der Waals surface area contributed by atoms with Gasteiger partial charge in [0.1, 0.15) is 0 Å². The van der Waals surface area contributed by atoms with Gasteiger partial charge in [0.15, 0.2) is 0 Å². The summed E-state index contributed by atoms with van der Waals surface area (Å²) in [6.07, 6.45) is 0. The van der Waals surface area contributed by atoms with Crippen LogP contribution in [-0.2, 0) is 0 Å². The SMILES string of the molecule is CNC.CNN.Cl. The lowest BCUT2D eigenvalue weighted by atomic mass is 11.3. The molecule has 0 fully saturated rings. The molecule has 0 aromatic rings. The molecule has 7 heavy (non-hydrogen) atoms. The summed E-state index contributed by atoms with van der Waals surface area (Å²) in [5.41, 5.74) is 2.25. The maximum absolute atomic E-state index is 4.60. The number of rotatable bonds is 0. The molecular weight excluding hydrogens is 114 g/mol. The molecule has 4 N–H and O–H groups in total. The Balaban J connectivity index is -0.0000000400. The van der Waals surface area contributed by atoms with Crippen molar-refractivity contribution in [3.63, 3.8) is 0 Å². The fourth-order valence-corrected chi connectivity index (χ4v) is 0. The molecule has 0 radical (unpaired) electrons. The van der Waals surface area contributed by atoms with Crippen molar-refractivity contribution < 1.29 is 0 Å². The Bertz CT molecular complexity index is 12.1. The Labute approximate surface area is 51.0 Å². The summed E-state index contributed by atoms with van der Waals surface area (Å²) in [4.78, 5) is 0. The number of nitrogens with two attached hydrogens (primary N) is 1. The largest absolute Gasteiger partial charge is 0.323 e. The molecule has 0 aliphatic carbocycles. The molecule has 0 bridgehead atoms. The van der Waals surface area contributed by atoms with E-state index in [0.29, 0.717) is 0 Å². The van der Waals surface area contributed by atoms with Gasteiger partial charge in [-0.15, -0.1) is 12.4 Å². The van der Waals surface area contributed by atoms with Crippen molar-refractivity contribution >= 4 is 12.4 Å². The van der Waals surface area contributed by atoms with Gasteiger partial charge in [-0.2, -0.15) is 0 Å². The van der Waals surface area contributed by atoms with Crippen molar-refractivity contribution in [2.24, 2.45) is 5.84 Å². The van der Waals surface area contributed by atoms with Crippen molar-refractivity contribution in [1.29, 1.82) is 0 Å². The standard InChI is InChI=1S/C2H7N.CH6N2.ClH/c2*1-3-2;/h3H,1-2H3;3H,2H2,1H3;1H. The zero-order valence-electron chi connectivity index (χ0n) is 4.99. The quantitative estimate of drug-likeness (QED) is 0.299. The van der Waals surface area contributed by atoms with Gasteiger partial charge in [0.2, 0.25) is 0 Å². The highest BCUT2D eigenvalue weighted by Gasteiger charge is 1.25. The lowest BCUT2D eigenvalue weighted by Gasteiger charge is -1.62. The van der Waals surface area contributed by atoms with Gasteiger partial charge in [-0.1, -0.05) is 0 Å². The summed E-state index contributed by atoms with van der Waals surface area (Å²) in [7, 11) is 5.40. The molecule has 0 aliphatic heterocycles. The first-order valence-corrected chi connectivity index (χ1v) is 1.79. The van der Waals surface area contributed by atoms with Crippen LogP contribution in [-0.4, -0.2) is 21.1 Å². The highest BCUT2D eigenvalue weighted by atomic mass is 35.5. The second kappa shape index (κ2) is 35.0. The lowest BCUT2D eigenvalue weighted by Crippen LogP contribution is -2.13. The maximum atomic E-state index is 4.60. The number of hydrazine groups is 1. The zero-order valence-corrected chi connectivity index (χ0v) is 5.80. The van der Waals surface area contributed by atoms with Crippen molar-refractivity contribution in [2.45, 2.75) is 0 Å². The summed E-state index contributed by atoms with van der Waals surface area (Å²) < 4.78 is 0. The minimum Gasteiger partial charge on any atom is -0.323 e. The number of hydrogen-bond acceptors (Lipinski definition) is 3. The highest BCUT2D eigenvalue weighted by molar-refractivity contribution is 5.85. The maximum Gasteiger partial charge on any atom is -0.00172 e. The normalized spacial score (nSPS) is 5.14. The Hall–Kier alpha value is 0.170. The molecule has 0 aliphatic rings. The van der Waals surface area contributed by atoms with E-state index in [1.54, 1.807) is 7.05 Å². The first kappa shape index (κ1) is 15.7. The third-order valence-corrected chi connectivity index (χ3v) is 0. The highest BCUT2D eigenvalue weighted by Crippen LogP contribution is 0.981. The minimum absolute atomic E-state index is 0. The molecule has 0 spiro atoms. The molecule has 3 nitrogen and oxygen atoms in total. The van der Waals surface area contributed by atoms with Crippen molar-refractivity contribution in [1.82, 2.24) is 10.7 Å². The average molecular weight is 128 g/mol. The molecule has 0 saturated carbocycles. The van der Waals surface area contributed by atoms with E-state index in [0.717, 1.165) is 0 Å². The van der Waals surface area contributed by atoms with Crippen molar-refractivity contribution in [3.8, 4) is 0 Å². The fourth-order valence-electron chi connectivity index (χ4n) is 0. The Morgan fingerprint density at radius 3 is 1.14 bits per heavy atom. The first-order chi connectivity index (χ1) is 2.83. The first-order valence-electron chi connectivity index (χ1n) is 1.79. The molecule has 48 valence electrons. The molecule has 0 atom stereocenters. The molecule has 0 aromatic carbocycles. The fraction of sp³-hybridized carbons (Fsp3) is 1.00. The van der Waals surface area contributed by atoms with E-state index >= 15 is 0 Å². The second-order valence-corrected chi connectivity index (χ2v) is 0.789. The van der Waals surface area contributed by atoms with Crippen LogP contribution in [0.3, 0.4) is 0 Å². The predicted molar refractivity (Wildman–Crippen MR) is 35.5 cm³/mol. The number of halogens is 1. The van der Waals surface area contributed by atoms with Gasteiger partial charge in [0, 0.05) is 0 Å². The van der Waals surface area contributed by atoms with Crippen LogP contribution in [0.4, 0.5) is 0 Å². The van der Waals surface area contributed by atoms with Gasteiger partial charge in [-0.05, 0) is 21.1 Å². The lowest BCUT2D eigenvalue weighted by molar-refractivity contribution is 0.900. The van der Waals surface area contributed by atoms with Crippen LogP contribution < -0.4 is 16.6 Å². The molecule has 0 saturated heterocycles. The average Bonchev–Trinajstić information content (AvgIpc) is 1.39. The third-order valence-electron chi connectivity index (χ3n) is 0. The van der Waals surface area contributed by atoms with E-state index in [-0.39, 0.29) is 12.4 Å². The molecule has 4 heteroatoms. The van der Waals surface area contributed by atoms with Gasteiger partial charge >= 0.3 is 0 Å². The van der Waals surface area contributed by atoms with Gasteiger partial charge in [-0.25, -0.2) is 0 Å². The van der Waals surface area contributed by atoms with Crippen LogP contribution in [0.1, 0.15) is 0 Å². The van der Waals surface area contributed by atoms with Crippen LogP contribution in [0.2, 0.25) is 0 Å². The molecule has 0 heterocycles. The van der Waals surface area contributed by atoms with E-state index < -0.39 is 0 Å². The van der Waals surface area contributed by atoms with E-state index in [2.05, 4.69) is 16.6 Å². The van der Waals surface area contributed by atoms with E-state index in [1.807, 2.05) is 14.1 Å². The Morgan fingerprint density at radius 2 is 1.14 bits per heavy atom. The van der Waals surface area contributed by atoms with Gasteiger partial charge < -0.3 is 5.32 Å². The van der Waals surface area contributed by atoms with Gasteiger partial charge in [0.25, 0.3) is 0 Å². The topological polar surface area (TPSA) is 50.1 Å².